The number of aromatic nitrogens is 2. The van der Waals surface area contributed by atoms with E-state index >= 15 is 0 Å². The SMILES string of the molecule is COc1ccc(-c2ccc(N3CCN(C(=O)c4c(F)cccc4F)CC3)nn2)cc1. The van der Waals surface area contributed by atoms with Gasteiger partial charge in [0.15, 0.2) is 5.82 Å². The molecule has 0 unspecified atom stereocenters. The summed E-state index contributed by atoms with van der Waals surface area (Å²) >= 11 is 0. The number of hydrogen-bond donors (Lipinski definition) is 0. The van der Waals surface area contributed by atoms with Gasteiger partial charge in [0.1, 0.15) is 22.9 Å². The number of hydrogen-bond acceptors (Lipinski definition) is 5. The molecular formula is C22H20F2N4O2. The van der Waals surface area contributed by atoms with E-state index in [2.05, 4.69) is 10.2 Å². The van der Waals surface area contributed by atoms with Gasteiger partial charge >= 0.3 is 0 Å². The molecule has 1 amide bonds. The quantitative estimate of drug-likeness (QED) is 0.660. The smallest absolute Gasteiger partial charge is 0.259 e. The van der Waals surface area contributed by atoms with E-state index in [9.17, 15) is 13.6 Å². The molecule has 4 rings (SSSR count). The molecule has 0 bridgehead atoms. The molecule has 1 fully saturated rings. The second kappa shape index (κ2) is 8.44. The molecule has 0 atom stereocenters. The Hall–Kier alpha value is -3.55. The Morgan fingerprint density at radius 2 is 1.57 bits per heavy atom. The maximum Gasteiger partial charge on any atom is 0.259 e. The van der Waals surface area contributed by atoms with Gasteiger partial charge in [0.25, 0.3) is 5.91 Å². The molecule has 0 radical (unpaired) electrons. The maximum absolute atomic E-state index is 13.9. The van der Waals surface area contributed by atoms with Gasteiger partial charge in [-0.2, -0.15) is 0 Å². The van der Waals surface area contributed by atoms with Crippen molar-refractivity contribution in [3.05, 3.63) is 71.8 Å². The molecule has 1 aliphatic heterocycles. The second-order valence-corrected chi connectivity index (χ2v) is 6.88. The minimum atomic E-state index is -0.845. The Balaban J connectivity index is 1.41. The standard InChI is InChI=1S/C22H20F2N4O2/c1-30-16-7-5-15(6-8-16)19-9-10-20(26-25-19)27-11-13-28(14-12-27)22(29)21-17(23)3-2-4-18(21)24/h2-10H,11-14H2,1H3. The Morgan fingerprint density at radius 1 is 0.900 bits per heavy atom. The Morgan fingerprint density at radius 3 is 2.13 bits per heavy atom. The molecule has 154 valence electrons. The van der Waals surface area contributed by atoms with Gasteiger partial charge in [-0.3, -0.25) is 4.79 Å². The molecule has 0 saturated carbocycles. The van der Waals surface area contributed by atoms with Gasteiger partial charge in [0.2, 0.25) is 0 Å². The highest BCUT2D eigenvalue weighted by molar-refractivity contribution is 5.95. The number of rotatable bonds is 4. The zero-order chi connectivity index (χ0) is 21.1. The predicted octanol–water partition coefficient (Wildman–Crippen LogP) is 3.39. The number of piperazine rings is 1. The number of ether oxygens (including phenoxy) is 1. The first kappa shape index (κ1) is 19.8. The van der Waals surface area contributed by atoms with Gasteiger partial charge < -0.3 is 14.5 Å². The van der Waals surface area contributed by atoms with Crippen LogP contribution in [0.3, 0.4) is 0 Å². The third-order valence-corrected chi connectivity index (χ3v) is 5.10. The molecule has 30 heavy (non-hydrogen) atoms. The molecule has 6 nitrogen and oxygen atoms in total. The topological polar surface area (TPSA) is 58.6 Å². The lowest BCUT2D eigenvalue weighted by atomic mass is 10.1. The fourth-order valence-electron chi connectivity index (χ4n) is 3.41. The Labute approximate surface area is 172 Å². The molecule has 8 heteroatoms. The lowest BCUT2D eigenvalue weighted by Gasteiger charge is -2.35. The monoisotopic (exact) mass is 410 g/mol. The molecule has 0 aliphatic carbocycles. The first-order chi connectivity index (χ1) is 14.6. The summed E-state index contributed by atoms with van der Waals surface area (Å²) in [7, 11) is 1.61. The number of benzene rings is 2. The summed E-state index contributed by atoms with van der Waals surface area (Å²) in [5.74, 6) is -0.863. The molecule has 1 aromatic heterocycles. The van der Waals surface area contributed by atoms with Crippen LogP contribution in [-0.2, 0) is 0 Å². The van der Waals surface area contributed by atoms with E-state index in [4.69, 9.17) is 4.74 Å². The van der Waals surface area contributed by atoms with E-state index in [1.807, 2.05) is 41.3 Å². The summed E-state index contributed by atoms with van der Waals surface area (Å²) in [5, 5.41) is 8.59. The minimum absolute atomic E-state index is 0.342. The Bertz CT molecular complexity index is 1010. The van der Waals surface area contributed by atoms with Crippen molar-refractivity contribution in [1.29, 1.82) is 0 Å². The zero-order valence-corrected chi connectivity index (χ0v) is 16.4. The van der Waals surface area contributed by atoms with Crippen LogP contribution < -0.4 is 9.64 Å². The van der Waals surface area contributed by atoms with E-state index in [1.165, 1.54) is 11.0 Å². The van der Waals surface area contributed by atoms with Crippen LogP contribution in [0.2, 0.25) is 0 Å². The van der Waals surface area contributed by atoms with Gasteiger partial charge in [-0.05, 0) is 48.5 Å². The molecular weight excluding hydrogens is 390 g/mol. The van der Waals surface area contributed by atoms with Gasteiger partial charge in [0, 0.05) is 31.7 Å². The van der Waals surface area contributed by atoms with Crippen molar-refractivity contribution >= 4 is 11.7 Å². The molecule has 0 spiro atoms. The number of anilines is 1. The molecule has 2 aromatic carbocycles. The number of amides is 1. The summed E-state index contributed by atoms with van der Waals surface area (Å²) in [6, 6.07) is 14.7. The van der Waals surface area contributed by atoms with Crippen LogP contribution in [0.5, 0.6) is 5.75 Å². The number of carbonyl (C=O) groups excluding carboxylic acids is 1. The first-order valence-electron chi connectivity index (χ1n) is 9.53. The highest BCUT2D eigenvalue weighted by Gasteiger charge is 2.27. The summed E-state index contributed by atoms with van der Waals surface area (Å²) in [6.45, 7) is 1.68. The molecule has 1 saturated heterocycles. The van der Waals surface area contributed by atoms with Crippen LogP contribution in [0, 0.1) is 11.6 Å². The third kappa shape index (κ3) is 3.94. The number of nitrogens with zero attached hydrogens (tertiary/aromatic N) is 4. The zero-order valence-electron chi connectivity index (χ0n) is 16.4. The van der Waals surface area contributed by atoms with Gasteiger partial charge in [-0.1, -0.05) is 6.07 Å². The van der Waals surface area contributed by atoms with Crippen LogP contribution in [0.15, 0.2) is 54.6 Å². The summed E-state index contributed by atoms with van der Waals surface area (Å²) < 4.78 is 32.9. The molecule has 2 heterocycles. The largest absolute Gasteiger partial charge is 0.497 e. The second-order valence-electron chi connectivity index (χ2n) is 6.88. The van der Waals surface area contributed by atoms with E-state index in [1.54, 1.807) is 7.11 Å². The summed E-state index contributed by atoms with van der Waals surface area (Å²) in [4.78, 5) is 16.0. The fraction of sp³-hybridized carbons (Fsp3) is 0.227. The van der Waals surface area contributed by atoms with E-state index in [0.717, 1.165) is 29.1 Å². The van der Waals surface area contributed by atoms with E-state index in [-0.39, 0.29) is 0 Å². The van der Waals surface area contributed by atoms with Crippen LogP contribution in [0.1, 0.15) is 10.4 Å². The lowest BCUT2D eigenvalue weighted by molar-refractivity contribution is 0.0736. The first-order valence-corrected chi connectivity index (χ1v) is 9.53. The average molecular weight is 410 g/mol. The van der Waals surface area contributed by atoms with Gasteiger partial charge in [-0.25, -0.2) is 8.78 Å². The van der Waals surface area contributed by atoms with Crippen LogP contribution in [-0.4, -0.2) is 54.3 Å². The van der Waals surface area contributed by atoms with Crippen molar-refractivity contribution in [2.45, 2.75) is 0 Å². The van der Waals surface area contributed by atoms with Crippen molar-refractivity contribution < 1.29 is 18.3 Å². The van der Waals surface area contributed by atoms with Crippen molar-refractivity contribution in [2.24, 2.45) is 0 Å². The maximum atomic E-state index is 13.9. The molecule has 0 N–H and O–H groups in total. The number of methoxy groups -OCH3 is 1. The van der Waals surface area contributed by atoms with Crippen molar-refractivity contribution in [3.63, 3.8) is 0 Å². The van der Waals surface area contributed by atoms with Crippen molar-refractivity contribution in [3.8, 4) is 17.0 Å². The van der Waals surface area contributed by atoms with Crippen LogP contribution in [0.25, 0.3) is 11.3 Å². The predicted molar refractivity (Wildman–Crippen MR) is 108 cm³/mol. The number of halogens is 2. The van der Waals surface area contributed by atoms with Gasteiger partial charge in [0.05, 0.1) is 12.8 Å². The van der Waals surface area contributed by atoms with Gasteiger partial charge in [-0.15, -0.1) is 10.2 Å². The van der Waals surface area contributed by atoms with Crippen molar-refractivity contribution in [2.75, 3.05) is 38.2 Å². The number of carbonyl (C=O) groups is 1. The lowest BCUT2D eigenvalue weighted by Crippen LogP contribution is -2.49. The Kier molecular flexibility index (Phi) is 5.56. The average Bonchev–Trinajstić information content (AvgIpc) is 2.79. The third-order valence-electron chi connectivity index (χ3n) is 5.10. The fourth-order valence-corrected chi connectivity index (χ4v) is 3.41. The summed E-state index contributed by atoms with van der Waals surface area (Å²) in [6.07, 6.45) is 0. The van der Waals surface area contributed by atoms with Crippen LogP contribution in [0.4, 0.5) is 14.6 Å². The van der Waals surface area contributed by atoms with E-state index in [0.29, 0.717) is 32.0 Å². The van der Waals surface area contributed by atoms with Crippen LogP contribution >= 0.6 is 0 Å². The molecule has 3 aromatic rings. The normalized spacial score (nSPS) is 14.0. The minimum Gasteiger partial charge on any atom is -0.497 e. The highest BCUT2D eigenvalue weighted by Crippen LogP contribution is 2.22. The highest BCUT2D eigenvalue weighted by atomic mass is 19.1. The van der Waals surface area contributed by atoms with Crippen molar-refractivity contribution in [1.82, 2.24) is 15.1 Å². The summed E-state index contributed by atoms with van der Waals surface area (Å²) in [5.41, 5.74) is 1.16. The molecule has 1 aliphatic rings. The van der Waals surface area contributed by atoms with E-state index < -0.39 is 23.1 Å².